The largest absolute Gasteiger partial charge is 0.385 e. The van der Waals surface area contributed by atoms with Crippen molar-refractivity contribution >= 4 is 17.5 Å². The van der Waals surface area contributed by atoms with Crippen molar-refractivity contribution in [3.8, 4) is 6.07 Å². The topological polar surface area (TPSA) is 91.2 Å². The van der Waals surface area contributed by atoms with Crippen LogP contribution in [-0.2, 0) is 4.74 Å². The number of methoxy groups -OCH3 is 1. The fourth-order valence-corrected chi connectivity index (χ4v) is 2.19. The molecule has 2 aromatic carbocycles. The standard InChI is InChI=1S/C19H19N3O3/c1-25-10-4-9-21-18(23)15-6-3-7-16(12-15)19(24)22-17-8-2-5-14(11-17)13-20/h2-3,5-8,11-12H,4,9-10H2,1H3,(H,21,23)(H,22,24). The Kier molecular flexibility index (Phi) is 6.69. The van der Waals surface area contributed by atoms with Crippen LogP contribution >= 0.6 is 0 Å². The molecule has 0 aliphatic carbocycles. The summed E-state index contributed by atoms with van der Waals surface area (Å²) >= 11 is 0. The first kappa shape index (κ1) is 18.2. The molecule has 2 amide bonds. The summed E-state index contributed by atoms with van der Waals surface area (Å²) in [6.45, 7) is 1.08. The van der Waals surface area contributed by atoms with Crippen LogP contribution < -0.4 is 10.6 Å². The van der Waals surface area contributed by atoms with Crippen LogP contribution in [0.1, 0.15) is 32.7 Å². The van der Waals surface area contributed by atoms with E-state index in [1.807, 2.05) is 6.07 Å². The highest BCUT2D eigenvalue weighted by atomic mass is 16.5. The summed E-state index contributed by atoms with van der Waals surface area (Å²) in [6, 6.07) is 15.1. The second kappa shape index (κ2) is 9.21. The number of carbonyl (C=O) groups is 2. The molecule has 0 radical (unpaired) electrons. The number of carbonyl (C=O) groups excluding carboxylic acids is 2. The number of nitrogens with zero attached hydrogens (tertiary/aromatic N) is 1. The van der Waals surface area contributed by atoms with Gasteiger partial charge in [0.1, 0.15) is 0 Å². The van der Waals surface area contributed by atoms with E-state index < -0.39 is 0 Å². The molecule has 6 heteroatoms. The van der Waals surface area contributed by atoms with E-state index in [2.05, 4.69) is 10.6 Å². The van der Waals surface area contributed by atoms with Gasteiger partial charge >= 0.3 is 0 Å². The van der Waals surface area contributed by atoms with Gasteiger partial charge in [-0.25, -0.2) is 0 Å². The van der Waals surface area contributed by atoms with Crippen LogP contribution in [0.4, 0.5) is 5.69 Å². The Morgan fingerprint density at radius 2 is 1.80 bits per heavy atom. The molecule has 2 aromatic rings. The number of anilines is 1. The second-order valence-corrected chi connectivity index (χ2v) is 5.33. The van der Waals surface area contributed by atoms with Gasteiger partial charge in [-0.3, -0.25) is 9.59 Å². The van der Waals surface area contributed by atoms with Gasteiger partial charge in [0.15, 0.2) is 0 Å². The Morgan fingerprint density at radius 3 is 2.52 bits per heavy atom. The molecule has 0 saturated heterocycles. The molecule has 0 heterocycles. The van der Waals surface area contributed by atoms with Crippen LogP contribution in [0.5, 0.6) is 0 Å². The molecule has 0 aliphatic rings. The SMILES string of the molecule is COCCCNC(=O)c1cccc(C(=O)Nc2cccc(C#N)c2)c1. The molecule has 0 bridgehead atoms. The van der Waals surface area contributed by atoms with E-state index in [0.29, 0.717) is 35.5 Å². The maximum atomic E-state index is 12.3. The fourth-order valence-electron chi connectivity index (χ4n) is 2.19. The van der Waals surface area contributed by atoms with Gasteiger partial charge in [-0.2, -0.15) is 5.26 Å². The van der Waals surface area contributed by atoms with Crippen molar-refractivity contribution in [3.05, 3.63) is 65.2 Å². The minimum atomic E-state index is -0.343. The summed E-state index contributed by atoms with van der Waals surface area (Å²) in [4.78, 5) is 24.5. The third-order valence-electron chi connectivity index (χ3n) is 3.45. The summed E-state index contributed by atoms with van der Waals surface area (Å²) in [7, 11) is 1.61. The van der Waals surface area contributed by atoms with E-state index in [1.54, 1.807) is 49.6 Å². The van der Waals surface area contributed by atoms with Crippen molar-refractivity contribution in [1.82, 2.24) is 5.32 Å². The van der Waals surface area contributed by atoms with E-state index in [0.717, 1.165) is 6.42 Å². The highest BCUT2D eigenvalue weighted by Crippen LogP contribution is 2.13. The maximum Gasteiger partial charge on any atom is 0.255 e. The monoisotopic (exact) mass is 337 g/mol. The number of hydrogen-bond donors (Lipinski definition) is 2. The summed E-state index contributed by atoms with van der Waals surface area (Å²) < 4.78 is 4.93. The minimum Gasteiger partial charge on any atom is -0.385 e. The van der Waals surface area contributed by atoms with Crippen molar-refractivity contribution in [2.45, 2.75) is 6.42 Å². The lowest BCUT2D eigenvalue weighted by Crippen LogP contribution is -2.25. The van der Waals surface area contributed by atoms with Crippen LogP contribution in [-0.4, -0.2) is 32.1 Å². The number of rotatable bonds is 7. The summed E-state index contributed by atoms with van der Waals surface area (Å²) in [6.07, 6.45) is 0.720. The summed E-state index contributed by atoms with van der Waals surface area (Å²) in [5.41, 5.74) is 1.77. The number of hydrogen-bond acceptors (Lipinski definition) is 4. The molecule has 0 fully saturated rings. The molecule has 0 aromatic heterocycles. The molecular weight excluding hydrogens is 318 g/mol. The normalized spacial score (nSPS) is 9.92. The molecule has 0 spiro atoms. The van der Waals surface area contributed by atoms with Gasteiger partial charge in [-0.05, 0) is 42.8 Å². The van der Waals surface area contributed by atoms with Gasteiger partial charge in [0.25, 0.3) is 11.8 Å². The number of nitrogens with one attached hydrogen (secondary N) is 2. The van der Waals surface area contributed by atoms with E-state index in [-0.39, 0.29) is 11.8 Å². The van der Waals surface area contributed by atoms with Gasteiger partial charge in [-0.15, -0.1) is 0 Å². The smallest absolute Gasteiger partial charge is 0.255 e. The maximum absolute atomic E-state index is 12.3. The minimum absolute atomic E-state index is 0.239. The molecule has 0 unspecified atom stereocenters. The van der Waals surface area contributed by atoms with E-state index in [1.165, 1.54) is 6.07 Å². The van der Waals surface area contributed by atoms with E-state index in [4.69, 9.17) is 10.00 Å². The molecule has 0 aliphatic heterocycles. The van der Waals surface area contributed by atoms with Crippen LogP contribution in [0.3, 0.4) is 0 Å². The molecule has 0 atom stereocenters. The average Bonchev–Trinajstić information content (AvgIpc) is 2.65. The van der Waals surface area contributed by atoms with Crippen molar-refractivity contribution in [2.75, 3.05) is 25.6 Å². The lowest BCUT2D eigenvalue weighted by Gasteiger charge is -2.08. The van der Waals surface area contributed by atoms with Gasteiger partial charge in [-0.1, -0.05) is 12.1 Å². The molecule has 2 N–H and O–H groups in total. The van der Waals surface area contributed by atoms with E-state index >= 15 is 0 Å². The Labute approximate surface area is 146 Å². The zero-order valence-electron chi connectivity index (χ0n) is 13.9. The third-order valence-corrected chi connectivity index (χ3v) is 3.45. The first-order valence-electron chi connectivity index (χ1n) is 7.83. The molecule has 2 rings (SSSR count). The van der Waals surface area contributed by atoms with Gasteiger partial charge in [0.2, 0.25) is 0 Å². The van der Waals surface area contributed by atoms with Crippen molar-refractivity contribution in [3.63, 3.8) is 0 Å². The Balaban J connectivity index is 2.03. The summed E-state index contributed by atoms with van der Waals surface area (Å²) in [5.74, 6) is -0.582. The fraction of sp³-hybridized carbons (Fsp3) is 0.211. The quantitative estimate of drug-likeness (QED) is 0.760. The first-order valence-corrected chi connectivity index (χ1v) is 7.83. The summed E-state index contributed by atoms with van der Waals surface area (Å²) in [5, 5.41) is 14.4. The average molecular weight is 337 g/mol. The lowest BCUT2D eigenvalue weighted by atomic mass is 10.1. The Bertz CT molecular complexity index is 796. The zero-order valence-corrected chi connectivity index (χ0v) is 13.9. The predicted molar refractivity (Wildman–Crippen MR) is 94.4 cm³/mol. The number of benzene rings is 2. The Hall–Kier alpha value is -3.17. The molecular formula is C19H19N3O3. The molecule has 0 saturated carbocycles. The first-order chi connectivity index (χ1) is 12.1. The van der Waals surface area contributed by atoms with Crippen molar-refractivity contribution in [2.24, 2.45) is 0 Å². The van der Waals surface area contributed by atoms with Gasteiger partial charge < -0.3 is 15.4 Å². The second-order valence-electron chi connectivity index (χ2n) is 5.33. The Morgan fingerprint density at radius 1 is 1.08 bits per heavy atom. The van der Waals surface area contributed by atoms with Crippen LogP contribution in [0.2, 0.25) is 0 Å². The molecule has 128 valence electrons. The predicted octanol–water partition coefficient (Wildman–Crippen LogP) is 2.58. The van der Waals surface area contributed by atoms with Crippen molar-refractivity contribution in [1.29, 1.82) is 5.26 Å². The van der Waals surface area contributed by atoms with Gasteiger partial charge in [0, 0.05) is 37.1 Å². The number of amides is 2. The van der Waals surface area contributed by atoms with Crippen LogP contribution in [0.15, 0.2) is 48.5 Å². The highest BCUT2D eigenvalue weighted by Gasteiger charge is 2.11. The van der Waals surface area contributed by atoms with Crippen LogP contribution in [0.25, 0.3) is 0 Å². The van der Waals surface area contributed by atoms with Gasteiger partial charge in [0.05, 0.1) is 11.6 Å². The lowest BCUT2D eigenvalue weighted by molar-refractivity contribution is 0.0948. The third kappa shape index (κ3) is 5.44. The van der Waals surface area contributed by atoms with E-state index in [9.17, 15) is 9.59 Å². The number of nitriles is 1. The number of ether oxygens (including phenoxy) is 1. The molecule has 25 heavy (non-hydrogen) atoms. The highest BCUT2D eigenvalue weighted by molar-refractivity contribution is 6.06. The van der Waals surface area contributed by atoms with Crippen LogP contribution in [0, 0.1) is 11.3 Å². The molecule has 6 nitrogen and oxygen atoms in total. The van der Waals surface area contributed by atoms with Crippen molar-refractivity contribution < 1.29 is 14.3 Å². The zero-order chi connectivity index (χ0) is 18.1.